The van der Waals surface area contributed by atoms with Gasteiger partial charge in [0.05, 0.1) is 0 Å². The Balaban J connectivity index is 2.12. The van der Waals surface area contributed by atoms with Gasteiger partial charge in [0.15, 0.2) is 0 Å². The summed E-state index contributed by atoms with van der Waals surface area (Å²) in [6.07, 6.45) is 2.84. The molecule has 2 rings (SSSR count). The molecule has 0 unspecified atom stereocenters. The molecular formula is C9H13ClN4. The fourth-order valence-corrected chi connectivity index (χ4v) is 1.72. The molecule has 1 aliphatic rings. The van der Waals surface area contributed by atoms with Gasteiger partial charge in [0, 0.05) is 25.8 Å². The molecule has 0 aliphatic carbocycles. The molecule has 5 heteroatoms. The average molecular weight is 213 g/mol. The third-order valence-corrected chi connectivity index (χ3v) is 2.46. The summed E-state index contributed by atoms with van der Waals surface area (Å²) in [6.45, 7) is 4.09. The van der Waals surface area contributed by atoms with Crippen LogP contribution in [0.2, 0.25) is 5.28 Å². The van der Waals surface area contributed by atoms with Crippen LogP contribution in [0.4, 0.5) is 5.82 Å². The molecule has 14 heavy (non-hydrogen) atoms. The van der Waals surface area contributed by atoms with Crippen LogP contribution in [-0.4, -0.2) is 36.1 Å². The fourth-order valence-electron chi connectivity index (χ4n) is 1.58. The number of hydrogen-bond acceptors (Lipinski definition) is 4. The Kier molecular flexibility index (Phi) is 3.16. The molecule has 1 saturated heterocycles. The van der Waals surface area contributed by atoms with Gasteiger partial charge < -0.3 is 10.2 Å². The number of nitrogens with one attached hydrogen (secondary N) is 1. The van der Waals surface area contributed by atoms with Crippen LogP contribution in [0.5, 0.6) is 0 Å². The highest BCUT2D eigenvalue weighted by atomic mass is 35.5. The van der Waals surface area contributed by atoms with Gasteiger partial charge in [-0.3, -0.25) is 0 Å². The Labute approximate surface area is 88.3 Å². The van der Waals surface area contributed by atoms with Crippen molar-refractivity contribution in [3.05, 3.63) is 17.5 Å². The van der Waals surface area contributed by atoms with Crippen LogP contribution >= 0.6 is 11.6 Å². The van der Waals surface area contributed by atoms with Crippen molar-refractivity contribution in [2.24, 2.45) is 0 Å². The van der Waals surface area contributed by atoms with E-state index in [9.17, 15) is 0 Å². The molecule has 0 spiro atoms. The fraction of sp³-hybridized carbons (Fsp3) is 0.556. The number of aromatic nitrogens is 2. The predicted molar refractivity (Wildman–Crippen MR) is 56.7 cm³/mol. The molecular weight excluding hydrogens is 200 g/mol. The number of halogens is 1. The summed E-state index contributed by atoms with van der Waals surface area (Å²) < 4.78 is 0. The molecule has 0 aromatic carbocycles. The van der Waals surface area contributed by atoms with Gasteiger partial charge in [-0.15, -0.1) is 0 Å². The second-order valence-electron chi connectivity index (χ2n) is 3.27. The summed E-state index contributed by atoms with van der Waals surface area (Å²) in [5.74, 6) is 0.925. The Bertz CT molecular complexity index is 297. The highest BCUT2D eigenvalue weighted by molar-refractivity contribution is 6.28. The van der Waals surface area contributed by atoms with Crippen molar-refractivity contribution < 1.29 is 0 Å². The Morgan fingerprint density at radius 3 is 3.14 bits per heavy atom. The zero-order chi connectivity index (χ0) is 9.80. The molecule has 76 valence electrons. The van der Waals surface area contributed by atoms with Crippen LogP contribution in [0, 0.1) is 0 Å². The Hall–Kier alpha value is -0.870. The van der Waals surface area contributed by atoms with E-state index in [1.807, 2.05) is 6.07 Å². The minimum absolute atomic E-state index is 0.319. The minimum atomic E-state index is 0.319. The van der Waals surface area contributed by atoms with Gasteiger partial charge in [0.2, 0.25) is 5.28 Å². The molecule has 1 N–H and O–H groups in total. The third kappa shape index (κ3) is 2.33. The zero-order valence-electron chi connectivity index (χ0n) is 7.91. The van der Waals surface area contributed by atoms with Crippen molar-refractivity contribution in [2.45, 2.75) is 6.42 Å². The average Bonchev–Trinajstić information content (AvgIpc) is 2.45. The lowest BCUT2D eigenvalue weighted by atomic mass is 10.4. The number of nitrogens with zero attached hydrogens (tertiary/aromatic N) is 3. The van der Waals surface area contributed by atoms with Gasteiger partial charge in [0.1, 0.15) is 5.82 Å². The Morgan fingerprint density at radius 2 is 2.29 bits per heavy atom. The van der Waals surface area contributed by atoms with Gasteiger partial charge in [-0.2, -0.15) is 0 Å². The lowest BCUT2D eigenvalue weighted by molar-refractivity contribution is 0.724. The molecule has 0 amide bonds. The quantitative estimate of drug-likeness (QED) is 0.704. The number of anilines is 1. The van der Waals surface area contributed by atoms with E-state index in [2.05, 4.69) is 20.2 Å². The van der Waals surface area contributed by atoms with Crippen molar-refractivity contribution in [2.75, 3.05) is 31.1 Å². The highest BCUT2D eigenvalue weighted by Crippen LogP contribution is 2.12. The molecule has 1 aliphatic heterocycles. The SMILES string of the molecule is Clc1nccc(N2CCCNCC2)n1. The van der Waals surface area contributed by atoms with Gasteiger partial charge in [-0.1, -0.05) is 0 Å². The molecule has 1 aromatic rings. The van der Waals surface area contributed by atoms with Crippen molar-refractivity contribution in [3.63, 3.8) is 0 Å². The Morgan fingerprint density at radius 1 is 1.36 bits per heavy atom. The first-order valence-corrected chi connectivity index (χ1v) is 5.18. The zero-order valence-corrected chi connectivity index (χ0v) is 8.67. The third-order valence-electron chi connectivity index (χ3n) is 2.28. The first-order chi connectivity index (χ1) is 6.86. The summed E-state index contributed by atoms with van der Waals surface area (Å²) >= 11 is 5.74. The largest absolute Gasteiger partial charge is 0.355 e. The van der Waals surface area contributed by atoms with E-state index in [0.29, 0.717) is 5.28 Å². The molecule has 1 fully saturated rings. The van der Waals surface area contributed by atoms with Crippen molar-refractivity contribution in [1.29, 1.82) is 0 Å². The van der Waals surface area contributed by atoms with Crippen molar-refractivity contribution in [3.8, 4) is 0 Å². The second kappa shape index (κ2) is 4.57. The lowest BCUT2D eigenvalue weighted by Gasteiger charge is -2.20. The van der Waals surface area contributed by atoms with Gasteiger partial charge in [0.25, 0.3) is 0 Å². The van der Waals surface area contributed by atoms with Crippen molar-refractivity contribution >= 4 is 17.4 Å². The summed E-state index contributed by atoms with van der Waals surface area (Å²) in [5.41, 5.74) is 0. The maximum absolute atomic E-state index is 5.74. The molecule has 0 bridgehead atoms. The summed E-state index contributed by atoms with van der Waals surface area (Å²) in [4.78, 5) is 10.3. The number of hydrogen-bond donors (Lipinski definition) is 1. The van der Waals surface area contributed by atoms with E-state index in [-0.39, 0.29) is 0 Å². The second-order valence-corrected chi connectivity index (χ2v) is 3.61. The number of rotatable bonds is 1. The van der Waals surface area contributed by atoms with Crippen LogP contribution in [0.25, 0.3) is 0 Å². The molecule has 0 radical (unpaired) electrons. The molecule has 4 nitrogen and oxygen atoms in total. The standard InChI is InChI=1S/C9H13ClN4/c10-9-12-4-2-8(13-9)14-6-1-3-11-5-7-14/h2,4,11H,1,3,5-7H2. The molecule has 1 aromatic heterocycles. The normalized spacial score (nSPS) is 17.9. The van der Waals surface area contributed by atoms with Crippen LogP contribution in [0.1, 0.15) is 6.42 Å². The van der Waals surface area contributed by atoms with Gasteiger partial charge >= 0.3 is 0 Å². The summed E-state index contributed by atoms with van der Waals surface area (Å²) in [7, 11) is 0. The minimum Gasteiger partial charge on any atom is -0.355 e. The summed E-state index contributed by atoms with van der Waals surface area (Å²) in [5, 5.41) is 3.66. The van der Waals surface area contributed by atoms with E-state index >= 15 is 0 Å². The predicted octanol–water partition coefficient (Wildman–Crippen LogP) is 0.930. The van der Waals surface area contributed by atoms with Gasteiger partial charge in [-0.25, -0.2) is 9.97 Å². The van der Waals surface area contributed by atoms with E-state index in [1.54, 1.807) is 6.20 Å². The van der Waals surface area contributed by atoms with Crippen LogP contribution in [0.3, 0.4) is 0 Å². The lowest BCUT2D eigenvalue weighted by Crippen LogP contribution is -2.28. The van der Waals surface area contributed by atoms with Crippen LogP contribution in [-0.2, 0) is 0 Å². The van der Waals surface area contributed by atoms with Crippen molar-refractivity contribution in [1.82, 2.24) is 15.3 Å². The monoisotopic (exact) mass is 212 g/mol. The van der Waals surface area contributed by atoms with Crippen LogP contribution in [0.15, 0.2) is 12.3 Å². The molecule has 0 saturated carbocycles. The van der Waals surface area contributed by atoms with E-state index in [4.69, 9.17) is 11.6 Å². The maximum atomic E-state index is 5.74. The molecule has 0 atom stereocenters. The van der Waals surface area contributed by atoms with E-state index in [1.165, 1.54) is 0 Å². The smallest absolute Gasteiger partial charge is 0.224 e. The highest BCUT2D eigenvalue weighted by Gasteiger charge is 2.10. The maximum Gasteiger partial charge on any atom is 0.224 e. The first-order valence-electron chi connectivity index (χ1n) is 4.80. The molecule has 2 heterocycles. The topological polar surface area (TPSA) is 41.1 Å². The first kappa shape index (κ1) is 9.68. The van der Waals surface area contributed by atoms with Gasteiger partial charge in [-0.05, 0) is 30.6 Å². The van der Waals surface area contributed by atoms with E-state index in [0.717, 1.165) is 38.4 Å². The summed E-state index contributed by atoms with van der Waals surface area (Å²) in [6, 6.07) is 1.90. The van der Waals surface area contributed by atoms with E-state index < -0.39 is 0 Å². The van der Waals surface area contributed by atoms with Crippen LogP contribution < -0.4 is 10.2 Å².